The number of benzene rings is 2. The van der Waals surface area contributed by atoms with Crippen molar-refractivity contribution < 1.29 is 18.0 Å². The summed E-state index contributed by atoms with van der Waals surface area (Å²) in [5, 5.41) is 0. The molecule has 0 radical (unpaired) electrons. The Labute approximate surface area is 202 Å². The van der Waals surface area contributed by atoms with Crippen molar-refractivity contribution in [2.45, 2.75) is 64.8 Å². The fraction of sp³-hybridized carbons (Fsp3) is 0.481. The van der Waals surface area contributed by atoms with Crippen molar-refractivity contribution >= 4 is 33.0 Å². The molecule has 1 saturated carbocycles. The SMILES string of the molecule is CC(=O)N1c2ccc(-c3ccc(S(=O)(=O)CC(C)(C)C)cc3)cc2N(C(=O)C2CCC2)C[C@@H]1C. The first-order chi connectivity index (χ1) is 15.9. The van der Waals surface area contributed by atoms with E-state index in [1.54, 1.807) is 24.0 Å². The molecule has 34 heavy (non-hydrogen) atoms. The second kappa shape index (κ2) is 8.84. The number of carbonyl (C=O) groups is 2. The molecule has 1 heterocycles. The molecule has 1 aliphatic heterocycles. The lowest BCUT2D eigenvalue weighted by atomic mass is 9.84. The van der Waals surface area contributed by atoms with Crippen molar-refractivity contribution in [3.8, 4) is 11.1 Å². The van der Waals surface area contributed by atoms with Gasteiger partial charge in [-0.15, -0.1) is 0 Å². The Hall–Kier alpha value is -2.67. The minimum atomic E-state index is -3.38. The van der Waals surface area contributed by atoms with Gasteiger partial charge < -0.3 is 9.80 Å². The number of amides is 2. The third kappa shape index (κ3) is 4.76. The van der Waals surface area contributed by atoms with E-state index in [2.05, 4.69) is 0 Å². The molecule has 4 rings (SSSR count). The maximum atomic E-state index is 13.2. The van der Waals surface area contributed by atoms with E-state index in [9.17, 15) is 18.0 Å². The Kier molecular flexibility index (Phi) is 6.36. The van der Waals surface area contributed by atoms with E-state index in [1.807, 2.05) is 62.9 Å². The van der Waals surface area contributed by atoms with E-state index >= 15 is 0 Å². The van der Waals surface area contributed by atoms with Gasteiger partial charge in [0.05, 0.1) is 28.1 Å². The number of sulfone groups is 1. The van der Waals surface area contributed by atoms with Crippen LogP contribution in [0.2, 0.25) is 0 Å². The zero-order valence-electron chi connectivity index (χ0n) is 20.7. The van der Waals surface area contributed by atoms with Crippen molar-refractivity contribution in [1.29, 1.82) is 0 Å². The standard InChI is InChI=1S/C27H34N2O4S/c1-18-16-28(26(31)21-7-6-8-21)25-15-22(11-14-24(25)29(18)19(2)30)20-9-12-23(13-10-20)34(32,33)17-27(3,4)5/h9-15,18,21H,6-8,16-17H2,1-5H3/t18-/m0/s1. The first kappa shape index (κ1) is 24.5. The van der Waals surface area contributed by atoms with Crippen LogP contribution >= 0.6 is 0 Å². The van der Waals surface area contributed by atoms with E-state index in [-0.39, 0.29) is 34.9 Å². The Morgan fingerprint density at radius 1 is 0.971 bits per heavy atom. The number of anilines is 2. The molecule has 2 amide bonds. The normalized spacial score (nSPS) is 18.9. The zero-order chi connectivity index (χ0) is 24.8. The van der Waals surface area contributed by atoms with Crippen LogP contribution < -0.4 is 9.80 Å². The molecule has 0 unspecified atom stereocenters. The minimum absolute atomic E-state index is 0.0503. The van der Waals surface area contributed by atoms with Crippen LogP contribution in [-0.4, -0.2) is 38.6 Å². The van der Waals surface area contributed by atoms with Gasteiger partial charge in [-0.25, -0.2) is 8.42 Å². The summed E-state index contributed by atoms with van der Waals surface area (Å²) in [5.74, 6) is 0.212. The first-order valence-corrected chi connectivity index (χ1v) is 13.6. The maximum Gasteiger partial charge on any atom is 0.230 e. The third-order valence-corrected chi connectivity index (χ3v) is 8.88. The molecule has 0 saturated heterocycles. The quantitative estimate of drug-likeness (QED) is 0.610. The molecule has 0 spiro atoms. The predicted molar refractivity (Wildman–Crippen MR) is 136 cm³/mol. The van der Waals surface area contributed by atoms with Crippen molar-refractivity contribution in [3.05, 3.63) is 42.5 Å². The highest BCUT2D eigenvalue weighted by Gasteiger charge is 2.37. The van der Waals surface area contributed by atoms with Crippen LogP contribution in [0, 0.1) is 11.3 Å². The van der Waals surface area contributed by atoms with E-state index < -0.39 is 9.84 Å². The van der Waals surface area contributed by atoms with Gasteiger partial charge in [0.1, 0.15) is 0 Å². The van der Waals surface area contributed by atoms with Gasteiger partial charge in [-0.3, -0.25) is 9.59 Å². The van der Waals surface area contributed by atoms with Gasteiger partial charge >= 0.3 is 0 Å². The average Bonchev–Trinajstić information content (AvgIpc) is 2.69. The number of fused-ring (bicyclic) bond motifs is 1. The highest BCUT2D eigenvalue weighted by Crippen LogP contribution is 2.41. The highest BCUT2D eigenvalue weighted by molar-refractivity contribution is 7.91. The number of nitrogens with zero attached hydrogens (tertiary/aromatic N) is 2. The molecule has 0 bridgehead atoms. The minimum Gasteiger partial charge on any atom is -0.308 e. The Balaban J connectivity index is 1.71. The molecule has 0 aromatic heterocycles. The number of rotatable bonds is 4. The van der Waals surface area contributed by atoms with Gasteiger partial charge in [0, 0.05) is 19.4 Å². The first-order valence-electron chi connectivity index (χ1n) is 12.0. The van der Waals surface area contributed by atoms with Crippen LogP contribution in [0.25, 0.3) is 11.1 Å². The number of hydrogen-bond acceptors (Lipinski definition) is 4. The van der Waals surface area contributed by atoms with Crippen molar-refractivity contribution in [1.82, 2.24) is 0 Å². The van der Waals surface area contributed by atoms with Crippen molar-refractivity contribution in [2.75, 3.05) is 22.1 Å². The van der Waals surface area contributed by atoms with E-state index in [1.165, 1.54) is 0 Å². The van der Waals surface area contributed by atoms with Gasteiger partial charge in [-0.1, -0.05) is 45.4 Å². The van der Waals surface area contributed by atoms with Gasteiger partial charge in [-0.05, 0) is 60.6 Å². The van der Waals surface area contributed by atoms with Gasteiger partial charge in [-0.2, -0.15) is 0 Å². The van der Waals surface area contributed by atoms with Crippen LogP contribution in [-0.2, 0) is 19.4 Å². The molecule has 2 aliphatic rings. The lowest BCUT2D eigenvalue weighted by Crippen LogP contribution is -2.53. The molecule has 1 aliphatic carbocycles. The molecule has 6 nitrogen and oxygen atoms in total. The molecule has 1 atom stereocenters. The predicted octanol–water partition coefficient (Wildman–Crippen LogP) is 5.06. The summed E-state index contributed by atoms with van der Waals surface area (Å²) in [6.45, 7) is 9.72. The molecular formula is C27H34N2O4S. The summed E-state index contributed by atoms with van der Waals surface area (Å²) in [5.41, 5.74) is 2.90. The van der Waals surface area contributed by atoms with Crippen LogP contribution in [0.1, 0.15) is 53.9 Å². The second-order valence-corrected chi connectivity index (χ2v) is 12.9. The topological polar surface area (TPSA) is 74.8 Å². The molecule has 2 aromatic rings. The lowest BCUT2D eigenvalue weighted by Gasteiger charge is -2.43. The van der Waals surface area contributed by atoms with Gasteiger partial charge in [0.25, 0.3) is 0 Å². The van der Waals surface area contributed by atoms with E-state index in [0.29, 0.717) is 11.4 Å². The Morgan fingerprint density at radius 3 is 2.12 bits per heavy atom. The van der Waals surface area contributed by atoms with E-state index in [4.69, 9.17) is 0 Å². The van der Waals surface area contributed by atoms with E-state index in [0.717, 1.165) is 41.8 Å². The third-order valence-electron chi connectivity index (χ3n) is 6.64. The summed E-state index contributed by atoms with van der Waals surface area (Å²) < 4.78 is 25.5. The largest absolute Gasteiger partial charge is 0.308 e. The Morgan fingerprint density at radius 2 is 1.59 bits per heavy atom. The second-order valence-electron chi connectivity index (χ2n) is 10.9. The number of hydrogen-bond donors (Lipinski definition) is 0. The van der Waals surface area contributed by atoms with Crippen LogP contribution in [0.4, 0.5) is 11.4 Å². The average molecular weight is 483 g/mol. The summed E-state index contributed by atoms with van der Waals surface area (Å²) >= 11 is 0. The summed E-state index contributed by atoms with van der Waals surface area (Å²) in [6, 6.07) is 12.6. The molecule has 182 valence electrons. The monoisotopic (exact) mass is 482 g/mol. The Bertz CT molecular complexity index is 1210. The fourth-order valence-corrected chi connectivity index (χ4v) is 6.73. The van der Waals surface area contributed by atoms with Crippen LogP contribution in [0.15, 0.2) is 47.4 Å². The smallest absolute Gasteiger partial charge is 0.230 e. The summed E-state index contributed by atoms with van der Waals surface area (Å²) in [7, 11) is -3.38. The fourth-order valence-electron chi connectivity index (χ4n) is 4.88. The maximum absolute atomic E-state index is 13.2. The lowest BCUT2D eigenvalue weighted by molar-refractivity contribution is -0.125. The van der Waals surface area contributed by atoms with Crippen molar-refractivity contribution in [3.63, 3.8) is 0 Å². The van der Waals surface area contributed by atoms with Crippen molar-refractivity contribution in [2.24, 2.45) is 11.3 Å². The van der Waals surface area contributed by atoms with Crippen LogP contribution in [0.5, 0.6) is 0 Å². The molecular weight excluding hydrogens is 448 g/mol. The van der Waals surface area contributed by atoms with Crippen LogP contribution in [0.3, 0.4) is 0 Å². The zero-order valence-corrected chi connectivity index (χ0v) is 21.5. The van der Waals surface area contributed by atoms with Gasteiger partial charge in [0.15, 0.2) is 9.84 Å². The molecule has 7 heteroatoms. The summed E-state index contributed by atoms with van der Waals surface area (Å²) in [4.78, 5) is 29.5. The number of carbonyl (C=O) groups excluding carboxylic acids is 2. The molecule has 2 aromatic carbocycles. The molecule has 0 N–H and O–H groups in total. The molecule has 1 fully saturated rings. The highest BCUT2D eigenvalue weighted by atomic mass is 32.2. The summed E-state index contributed by atoms with van der Waals surface area (Å²) in [6.07, 6.45) is 2.91. The van der Waals surface area contributed by atoms with Gasteiger partial charge in [0.2, 0.25) is 11.8 Å².